The molecule has 96 valence electrons. The van der Waals surface area contributed by atoms with Gasteiger partial charge >= 0.3 is 0 Å². The van der Waals surface area contributed by atoms with Crippen molar-refractivity contribution >= 4 is 27.1 Å². The molecule has 1 rings (SSSR count). The predicted molar refractivity (Wildman–Crippen MR) is 69.5 cm³/mol. The molecular weight excluding hydrogens is 262 g/mol. The lowest BCUT2D eigenvalue weighted by Gasteiger charge is -2.13. The lowest BCUT2D eigenvalue weighted by Crippen LogP contribution is -2.21. The Balaban J connectivity index is 3.00. The topological polar surface area (TPSA) is 66.4 Å². The molecule has 17 heavy (non-hydrogen) atoms. The van der Waals surface area contributed by atoms with Gasteiger partial charge in [-0.15, -0.1) is 11.6 Å². The van der Waals surface area contributed by atoms with Gasteiger partial charge in [0.1, 0.15) is 0 Å². The highest BCUT2D eigenvalue weighted by molar-refractivity contribution is 7.90. The van der Waals surface area contributed by atoms with Crippen LogP contribution in [-0.4, -0.2) is 38.3 Å². The molecule has 4 nitrogen and oxygen atoms in total. The van der Waals surface area contributed by atoms with Crippen molar-refractivity contribution in [3.63, 3.8) is 0 Å². The molecule has 0 aliphatic heterocycles. The number of hydrogen-bond acceptors (Lipinski definition) is 4. The molecule has 2 N–H and O–H groups in total. The molecule has 1 atom stereocenters. The van der Waals surface area contributed by atoms with Gasteiger partial charge in [0.15, 0.2) is 9.84 Å². The fraction of sp³-hybridized carbons (Fsp3) is 0.455. The van der Waals surface area contributed by atoms with Crippen molar-refractivity contribution in [3.8, 4) is 0 Å². The first-order chi connectivity index (χ1) is 7.84. The van der Waals surface area contributed by atoms with Crippen molar-refractivity contribution in [3.05, 3.63) is 23.8 Å². The molecule has 0 saturated carbocycles. The van der Waals surface area contributed by atoms with Crippen LogP contribution in [0.1, 0.15) is 5.56 Å². The molecule has 0 fully saturated rings. The predicted octanol–water partition coefficient (Wildman–Crippen LogP) is 1.41. The van der Waals surface area contributed by atoms with Crippen molar-refractivity contribution < 1.29 is 13.5 Å². The Labute approximate surface area is 107 Å². The van der Waals surface area contributed by atoms with Crippen molar-refractivity contribution in [2.75, 3.05) is 24.0 Å². The van der Waals surface area contributed by atoms with Crippen LogP contribution in [0.4, 0.5) is 5.69 Å². The first-order valence-corrected chi connectivity index (χ1v) is 7.56. The maximum atomic E-state index is 11.6. The molecule has 0 heterocycles. The minimum absolute atomic E-state index is 0.104. The normalized spacial score (nSPS) is 13.4. The van der Waals surface area contributed by atoms with Gasteiger partial charge < -0.3 is 10.4 Å². The Hall–Kier alpha value is -0.780. The number of rotatable bonds is 5. The summed E-state index contributed by atoms with van der Waals surface area (Å²) >= 11 is 5.46. The van der Waals surface area contributed by atoms with Crippen LogP contribution >= 0.6 is 11.6 Å². The van der Waals surface area contributed by atoms with Crippen LogP contribution in [0, 0.1) is 6.92 Å². The van der Waals surface area contributed by atoms with Gasteiger partial charge in [0, 0.05) is 12.8 Å². The first kappa shape index (κ1) is 14.3. The minimum Gasteiger partial charge on any atom is -0.390 e. The first-order valence-electron chi connectivity index (χ1n) is 5.13. The summed E-state index contributed by atoms with van der Waals surface area (Å²) in [5.74, 6) is 0.104. The molecule has 0 bridgehead atoms. The third-order valence-electron chi connectivity index (χ3n) is 2.24. The van der Waals surface area contributed by atoms with Gasteiger partial charge in [-0.1, -0.05) is 6.07 Å². The average Bonchev–Trinajstić information content (AvgIpc) is 2.25. The van der Waals surface area contributed by atoms with Crippen molar-refractivity contribution in [2.45, 2.75) is 17.9 Å². The fourth-order valence-corrected chi connectivity index (χ4v) is 2.41. The Morgan fingerprint density at radius 3 is 2.65 bits per heavy atom. The number of nitrogens with one attached hydrogen (secondary N) is 1. The summed E-state index contributed by atoms with van der Waals surface area (Å²) in [6.07, 6.45) is 0.454. The number of sulfone groups is 1. The van der Waals surface area contributed by atoms with Crippen LogP contribution < -0.4 is 5.32 Å². The molecule has 0 radical (unpaired) electrons. The van der Waals surface area contributed by atoms with Gasteiger partial charge in [-0.3, -0.25) is 0 Å². The largest absolute Gasteiger partial charge is 0.390 e. The highest BCUT2D eigenvalue weighted by atomic mass is 35.5. The Morgan fingerprint density at radius 1 is 1.47 bits per heavy atom. The SMILES string of the molecule is Cc1ccc(NCC(O)CCl)c(S(C)(=O)=O)c1. The van der Waals surface area contributed by atoms with E-state index in [0.29, 0.717) is 5.69 Å². The molecular formula is C11H16ClNO3S. The number of halogens is 1. The molecule has 0 aliphatic carbocycles. The van der Waals surface area contributed by atoms with E-state index in [4.69, 9.17) is 11.6 Å². The lowest BCUT2D eigenvalue weighted by molar-refractivity contribution is 0.211. The molecule has 0 saturated heterocycles. The van der Waals surface area contributed by atoms with E-state index in [1.807, 2.05) is 13.0 Å². The van der Waals surface area contributed by atoms with Crippen molar-refractivity contribution in [2.24, 2.45) is 0 Å². The standard InChI is InChI=1S/C11H16ClNO3S/c1-8-3-4-10(13-7-9(14)6-12)11(5-8)17(2,15)16/h3-5,9,13-14H,6-7H2,1-2H3. The second-order valence-electron chi connectivity index (χ2n) is 3.96. The third-order valence-corrected chi connectivity index (χ3v) is 3.74. The highest BCUT2D eigenvalue weighted by Crippen LogP contribution is 2.22. The number of aliphatic hydroxyl groups excluding tert-OH is 1. The highest BCUT2D eigenvalue weighted by Gasteiger charge is 2.14. The summed E-state index contributed by atoms with van der Waals surface area (Å²) in [5.41, 5.74) is 1.36. The van der Waals surface area contributed by atoms with Crippen LogP contribution in [-0.2, 0) is 9.84 Å². The van der Waals surface area contributed by atoms with Crippen molar-refractivity contribution in [1.82, 2.24) is 0 Å². The van der Waals surface area contributed by atoms with E-state index < -0.39 is 15.9 Å². The van der Waals surface area contributed by atoms with Crippen LogP contribution in [0.2, 0.25) is 0 Å². The number of benzene rings is 1. The zero-order chi connectivity index (χ0) is 13.1. The van der Waals surface area contributed by atoms with Crippen LogP contribution in [0.3, 0.4) is 0 Å². The summed E-state index contributed by atoms with van der Waals surface area (Å²) < 4.78 is 23.2. The van der Waals surface area contributed by atoms with E-state index >= 15 is 0 Å². The van der Waals surface area contributed by atoms with Gasteiger partial charge in [-0.2, -0.15) is 0 Å². The molecule has 0 amide bonds. The van der Waals surface area contributed by atoms with E-state index in [9.17, 15) is 13.5 Å². The van der Waals surface area contributed by atoms with Gasteiger partial charge in [-0.25, -0.2) is 8.42 Å². The summed E-state index contributed by atoms with van der Waals surface area (Å²) in [5, 5.41) is 12.2. The molecule has 1 unspecified atom stereocenters. The van der Waals surface area contributed by atoms with E-state index in [2.05, 4.69) is 5.32 Å². The lowest BCUT2D eigenvalue weighted by atomic mass is 10.2. The Kier molecular flexibility index (Phi) is 4.80. The smallest absolute Gasteiger partial charge is 0.177 e. The van der Waals surface area contributed by atoms with Crippen LogP contribution in [0.25, 0.3) is 0 Å². The van der Waals surface area contributed by atoms with E-state index in [1.165, 1.54) is 0 Å². The van der Waals surface area contributed by atoms with Crippen LogP contribution in [0.5, 0.6) is 0 Å². The second-order valence-corrected chi connectivity index (χ2v) is 6.25. The van der Waals surface area contributed by atoms with Gasteiger partial charge in [-0.05, 0) is 24.6 Å². The van der Waals surface area contributed by atoms with E-state index in [1.54, 1.807) is 12.1 Å². The number of alkyl halides is 1. The number of aryl methyl sites for hydroxylation is 1. The summed E-state index contributed by atoms with van der Waals surface area (Å²) in [6.45, 7) is 2.04. The number of hydrogen-bond donors (Lipinski definition) is 2. The van der Waals surface area contributed by atoms with Crippen molar-refractivity contribution in [1.29, 1.82) is 0 Å². The summed E-state index contributed by atoms with van der Waals surface area (Å²) in [7, 11) is -3.29. The van der Waals surface area contributed by atoms with Crippen LogP contribution in [0.15, 0.2) is 23.1 Å². The molecule has 0 aromatic heterocycles. The van der Waals surface area contributed by atoms with E-state index in [0.717, 1.165) is 11.8 Å². The maximum Gasteiger partial charge on any atom is 0.177 e. The average molecular weight is 278 g/mol. The summed E-state index contributed by atoms with van der Waals surface area (Å²) in [6, 6.07) is 5.10. The Bertz CT molecular complexity index is 487. The van der Waals surface area contributed by atoms with E-state index in [-0.39, 0.29) is 17.3 Å². The molecule has 6 heteroatoms. The quantitative estimate of drug-likeness (QED) is 0.799. The van der Waals surface area contributed by atoms with Gasteiger partial charge in [0.05, 0.1) is 22.6 Å². The molecule has 0 spiro atoms. The van der Waals surface area contributed by atoms with Gasteiger partial charge in [0.25, 0.3) is 0 Å². The van der Waals surface area contributed by atoms with Gasteiger partial charge in [0.2, 0.25) is 0 Å². The monoisotopic (exact) mass is 277 g/mol. The molecule has 1 aromatic carbocycles. The Morgan fingerprint density at radius 2 is 2.12 bits per heavy atom. The molecule has 1 aromatic rings. The summed E-state index contributed by atoms with van der Waals surface area (Å²) in [4.78, 5) is 0.235. The zero-order valence-electron chi connectivity index (χ0n) is 9.77. The third kappa shape index (κ3) is 4.18. The zero-order valence-corrected chi connectivity index (χ0v) is 11.3. The fourth-order valence-electron chi connectivity index (χ4n) is 1.36. The second kappa shape index (κ2) is 5.71. The minimum atomic E-state index is -3.29. The number of anilines is 1. The maximum absolute atomic E-state index is 11.6. The molecule has 0 aliphatic rings. The number of aliphatic hydroxyl groups is 1.